The van der Waals surface area contributed by atoms with Gasteiger partial charge in [0.05, 0.1) is 35.6 Å². The zero-order valence-corrected chi connectivity index (χ0v) is 13.1. The van der Waals surface area contributed by atoms with Crippen molar-refractivity contribution in [2.24, 2.45) is 0 Å². The van der Waals surface area contributed by atoms with E-state index in [-0.39, 0.29) is 6.04 Å². The normalized spacial score (nSPS) is 18.0. The van der Waals surface area contributed by atoms with Crippen LogP contribution in [-0.2, 0) is 17.7 Å². The molecule has 1 aromatic heterocycles. The standard InChI is InChI=1S/C15H18BrN3O/c1-20-9-8-19-15(13(16)10-18-19)14-12-5-3-2-4-11(12)6-7-17-14/h2-5,10,14,17H,6-9H2,1H3. The van der Waals surface area contributed by atoms with E-state index in [9.17, 15) is 0 Å². The van der Waals surface area contributed by atoms with E-state index in [0.717, 1.165) is 24.0 Å². The number of fused-ring (bicyclic) bond motifs is 1. The summed E-state index contributed by atoms with van der Waals surface area (Å²) in [4.78, 5) is 0. The summed E-state index contributed by atoms with van der Waals surface area (Å²) in [7, 11) is 1.71. The minimum absolute atomic E-state index is 0.189. The zero-order valence-electron chi connectivity index (χ0n) is 11.5. The number of methoxy groups -OCH3 is 1. The van der Waals surface area contributed by atoms with E-state index < -0.39 is 0 Å². The summed E-state index contributed by atoms with van der Waals surface area (Å²) in [6, 6.07) is 8.81. The lowest BCUT2D eigenvalue weighted by atomic mass is 9.92. The summed E-state index contributed by atoms with van der Waals surface area (Å²) in [6.45, 7) is 2.41. The number of nitrogens with one attached hydrogen (secondary N) is 1. The highest BCUT2D eigenvalue weighted by atomic mass is 79.9. The molecule has 0 radical (unpaired) electrons. The molecule has 1 aromatic carbocycles. The number of aromatic nitrogens is 2. The molecule has 0 aliphatic carbocycles. The molecule has 1 N–H and O–H groups in total. The molecule has 2 heterocycles. The van der Waals surface area contributed by atoms with E-state index in [0.29, 0.717) is 6.61 Å². The monoisotopic (exact) mass is 335 g/mol. The maximum atomic E-state index is 5.17. The van der Waals surface area contributed by atoms with Gasteiger partial charge in [0.25, 0.3) is 0 Å². The Hall–Kier alpha value is -1.17. The molecule has 20 heavy (non-hydrogen) atoms. The molecule has 1 atom stereocenters. The molecule has 0 bridgehead atoms. The van der Waals surface area contributed by atoms with E-state index in [4.69, 9.17) is 4.74 Å². The van der Waals surface area contributed by atoms with Crippen molar-refractivity contribution in [2.75, 3.05) is 20.3 Å². The van der Waals surface area contributed by atoms with Gasteiger partial charge in [0, 0.05) is 13.7 Å². The fraction of sp³-hybridized carbons (Fsp3) is 0.400. The third-order valence-corrected chi connectivity index (χ3v) is 4.33. The van der Waals surface area contributed by atoms with Gasteiger partial charge in [0.2, 0.25) is 0 Å². The number of hydrogen-bond donors (Lipinski definition) is 1. The number of benzene rings is 1. The predicted molar refractivity (Wildman–Crippen MR) is 81.8 cm³/mol. The molecule has 0 saturated carbocycles. The highest BCUT2D eigenvalue weighted by Crippen LogP contribution is 2.32. The molecule has 1 aliphatic rings. The molecule has 4 nitrogen and oxygen atoms in total. The number of ether oxygens (including phenoxy) is 1. The van der Waals surface area contributed by atoms with Gasteiger partial charge in [-0.25, -0.2) is 0 Å². The Morgan fingerprint density at radius 2 is 2.30 bits per heavy atom. The van der Waals surface area contributed by atoms with E-state index >= 15 is 0 Å². The Bertz CT molecular complexity index is 597. The largest absolute Gasteiger partial charge is 0.383 e. The molecule has 0 amide bonds. The number of nitrogens with zero attached hydrogens (tertiary/aromatic N) is 2. The fourth-order valence-corrected chi connectivity index (χ4v) is 3.29. The second kappa shape index (κ2) is 6.08. The van der Waals surface area contributed by atoms with Gasteiger partial charge in [-0.15, -0.1) is 0 Å². The smallest absolute Gasteiger partial charge is 0.0762 e. The molecular weight excluding hydrogens is 318 g/mol. The van der Waals surface area contributed by atoms with Crippen molar-refractivity contribution in [2.45, 2.75) is 19.0 Å². The first kappa shape index (κ1) is 13.8. The van der Waals surface area contributed by atoms with Crippen LogP contribution < -0.4 is 5.32 Å². The topological polar surface area (TPSA) is 39.1 Å². The quantitative estimate of drug-likeness (QED) is 0.933. The zero-order chi connectivity index (χ0) is 13.9. The first-order chi connectivity index (χ1) is 9.81. The first-order valence-corrected chi connectivity index (χ1v) is 7.62. The molecule has 1 unspecified atom stereocenters. The minimum Gasteiger partial charge on any atom is -0.383 e. The maximum Gasteiger partial charge on any atom is 0.0762 e. The molecule has 2 aromatic rings. The van der Waals surface area contributed by atoms with Crippen LogP contribution >= 0.6 is 15.9 Å². The van der Waals surface area contributed by atoms with Crippen LogP contribution in [0, 0.1) is 0 Å². The van der Waals surface area contributed by atoms with Gasteiger partial charge in [-0.05, 0) is 33.5 Å². The van der Waals surface area contributed by atoms with Gasteiger partial charge < -0.3 is 10.1 Å². The van der Waals surface area contributed by atoms with E-state index in [1.807, 2.05) is 10.9 Å². The van der Waals surface area contributed by atoms with Gasteiger partial charge >= 0.3 is 0 Å². The summed E-state index contributed by atoms with van der Waals surface area (Å²) in [5.41, 5.74) is 3.94. The van der Waals surface area contributed by atoms with Gasteiger partial charge in [0.15, 0.2) is 0 Å². The van der Waals surface area contributed by atoms with Crippen LogP contribution in [-0.4, -0.2) is 30.0 Å². The van der Waals surface area contributed by atoms with Crippen LogP contribution in [0.2, 0.25) is 0 Å². The van der Waals surface area contributed by atoms with Crippen molar-refractivity contribution in [3.63, 3.8) is 0 Å². The van der Waals surface area contributed by atoms with Crippen LogP contribution in [0.4, 0.5) is 0 Å². The highest BCUT2D eigenvalue weighted by Gasteiger charge is 2.26. The van der Waals surface area contributed by atoms with Gasteiger partial charge in [-0.3, -0.25) is 4.68 Å². The number of rotatable bonds is 4. The van der Waals surface area contributed by atoms with Crippen molar-refractivity contribution in [3.05, 3.63) is 51.8 Å². The fourth-order valence-electron chi connectivity index (χ4n) is 2.76. The molecule has 106 valence electrons. The molecule has 0 fully saturated rings. The van der Waals surface area contributed by atoms with Crippen molar-refractivity contribution in [1.29, 1.82) is 0 Å². The van der Waals surface area contributed by atoms with Crippen molar-refractivity contribution in [3.8, 4) is 0 Å². The lowest BCUT2D eigenvalue weighted by Crippen LogP contribution is -2.32. The SMILES string of the molecule is COCCn1ncc(Br)c1C1NCCc2ccccc21. The number of hydrogen-bond acceptors (Lipinski definition) is 3. The van der Waals surface area contributed by atoms with Gasteiger partial charge in [-0.2, -0.15) is 5.10 Å². The summed E-state index contributed by atoms with van der Waals surface area (Å²) in [5.74, 6) is 0. The maximum absolute atomic E-state index is 5.17. The molecule has 5 heteroatoms. The highest BCUT2D eigenvalue weighted by molar-refractivity contribution is 9.10. The summed E-state index contributed by atoms with van der Waals surface area (Å²) >= 11 is 3.63. The van der Waals surface area contributed by atoms with Crippen molar-refractivity contribution in [1.82, 2.24) is 15.1 Å². The third-order valence-electron chi connectivity index (χ3n) is 3.72. The molecule has 3 rings (SSSR count). The lowest BCUT2D eigenvalue weighted by Gasteiger charge is -2.28. The molecule has 0 saturated heterocycles. The molecule has 1 aliphatic heterocycles. The van der Waals surface area contributed by atoms with Crippen LogP contribution in [0.25, 0.3) is 0 Å². The second-order valence-corrected chi connectivity index (χ2v) is 5.78. The van der Waals surface area contributed by atoms with Gasteiger partial charge in [0.1, 0.15) is 0 Å². The van der Waals surface area contributed by atoms with E-state index in [1.165, 1.54) is 16.8 Å². The van der Waals surface area contributed by atoms with E-state index in [2.05, 4.69) is 50.6 Å². The van der Waals surface area contributed by atoms with Crippen LogP contribution in [0.15, 0.2) is 34.9 Å². The van der Waals surface area contributed by atoms with Crippen molar-refractivity contribution >= 4 is 15.9 Å². The summed E-state index contributed by atoms with van der Waals surface area (Å²) in [6.07, 6.45) is 2.94. The molecular formula is C15H18BrN3O. The van der Waals surface area contributed by atoms with Crippen LogP contribution in [0.1, 0.15) is 22.9 Å². The second-order valence-electron chi connectivity index (χ2n) is 4.93. The Labute approximate surface area is 127 Å². The molecule has 0 spiro atoms. The predicted octanol–water partition coefficient (Wildman–Crippen LogP) is 2.53. The Morgan fingerprint density at radius 3 is 3.15 bits per heavy atom. The lowest BCUT2D eigenvalue weighted by molar-refractivity contribution is 0.182. The third kappa shape index (κ3) is 2.53. The Balaban J connectivity index is 2.00. The average Bonchev–Trinajstić information content (AvgIpc) is 2.85. The van der Waals surface area contributed by atoms with Crippen LogP contribution in [0.3, 0.4) is 0 Å². The summed E-state index contributed by atoms with van der Waals surface area (Å²) in [5, 5.41) is 8.05. The Kier molecular flexibility index (Phi) is 4.19. The summed E-state index contributed by atoms with van der Waals surface area (Å²) < 4.78 is 8.24. The average molecular weight is 336 g/mol. The van der Waals surface area contributed by atoms with E-state index in [1.54, 1.807) is 7.11 Å². The van der Waals surface area contributed by atoms with Gasteiger partial charge in [-0.1, -0.05) is 24.3 Å². The number of halogens is 1. The Morgan fingerprint density at radius 1 is 1.45 bits per heavy atom. The first-order valence-electron chi connectivity index (χ1n) is 6.82. The van der Waals surface area contributed by atoms with Crippen molar-refractivity contribution < 1.29 is 4.74 Å². The van der Waals surface area contributed by atoms with Crippen LogP contribution in [0.5, 0.6) is 0 Å². The minimum atomic E-state index is 0.189.